The minimum atomic E-state index is -3.26. The summed E-state index contributed by atoms with van der Waals surface area (Å²) in [5.74, 6) is 1.12. The van der Waals surface area contributed by atoms with Gasteiger partial charge in [-0.15, -0.1) is 0 Å². The van der Waals surface area contributed by atoms with E-state index in [0.717, 1.165) is 36.1 Å². The molecule has 6 heteroatoms. The topological polar surface area (TPSA) is 66.4 Å². The van der Waals surface area contributed by atoms with Gasteiger partial charge in [-0.2, -0.15) is 11.8 Å². The molecule has 1 aromatic carbocycles. The van der Waals surface area contributed by atoms with Crippen molar-refractivity contribution in [2.24, 2.45) is 0 Å². The average Bonchev–Trinajstić information content (AvgIpc) is 2.43. The van der Waals surface area contributed by atoms with E-state index in [9.17, 15) is 8.42 Å². The molecule has 0 aliphatic heterocycles. The third-order valence-electron chi connectivity index (χ3n) is 2.91. The largest absolute Gasteiger partial charge is 0.392 e. The van der Waals surface area contributed by atoms with Crippen molar-refractivity contribution in [3.05, 3.63) is 35.4 Å². The standard InChI is InChI=1S/C14H23NO3S2/c1-19-10-4-2-3-9-15-20(17,18)12-14-7-5-13(11-16)6-8-14/h5-8,15-16H,2-4,9-12H2,1H3. The maximum Gasteiger partial charge on any atom is 0.215 e. The number of benzene rings is 1. The fourth-order valence-corrected chi connectivity index (χ4v) is 3.47. The van der Waals surface area contributed by atoms with E-state index in [1.165, 1.54) is 0 Å². The molecule has 0 saturated heterocycles. The molecule has 2 N–H and O–H groups in total. The van der Waals surface area contributed by atoms with Crippen LogP contribution in [0.2, 0.25) is 0 Å². The molecule has 0 atom stereocenters. The molecule has 0 unspecified atom stereocenters. The average molecular weight is 317 g/mol. The second-order valence-electron chi connectivity index (χ2n) is 4.68. The number of sulfonamides is 1. The number of thioether (sulfide) groups is 1. The molecule has 0 spiro atoms. The summed E-state index contributed by atoms with van der Waals surface area (Å²) in [4.78, 5) is 0. The van der Waals surface area contributed by atoms with Gasteiger partial charge in [-0.1, -0.05) is 30.7 Å². The van der Waals surface area contributed by atoms with E-state index in [-0.39, 0.29) is 12.4 Å². The van der Waals surface area contributed by atoms with Crippen LogP contribution in [0.3, 0.4) is 0 Å². The molecule has 0 bridgehead atoms. The van der Waals surface area contributed by atoms with Gasteiger partial charge in [-0.05, 0) is 36.0 Å². The highest BCUT2D eigenvalue weighted by Gasteiger charge is 2.10. The fourth-order valence-electron chi connectivity index (χ4n) is 1.79. The summed E-state index contributed by atoms with van der Waals surface area (Å²) in [7, 11) is -3.26. The highest BCUT2D eigenvalue weighted by molar-refractivity contribution is 7.98. The van der Waals surface area contributed by atoms with Gasteiger partial charge < -0.3 is 5.11 Å². The fraction of sp³-hybridized carbons (Fsp3) is 0.571. The van der Waals surface area contributed by atoms with Gasteiger partial charge >= 0.3 is 0 Å². The molecule has 20 heavy (non-hydrogen) atoms. The Morgan fingerprint density at radius 2 is 1.75 bits per heavy atom. The van der Waals surface area contributed by atoms with E-state index in [0.29, 0.717) is 6.54 Å². The zero-order valence-electron chi connectivity index (χ0n) is 11.8. The van der Waals surface area contributed by atoms with E-state index < -0.39 is 10.0 Å². The van der Waals surface area contributed by atoms with Crippen molar-refractivity contribution in [1.29, 1.82) is 0 Å². The number of aliphatic hydroxyl groups is 1. The van der Waals surface area contributed by atoms with E-state index in [1.807, 2.05) is 11.8 Å². The lowest BCUT2D eigenvalue weighted by Gasteiger charge is -2.07. The van der Waals surface area contributed by atoms with Gasteiger partial charge in [0.1, 0.15) is 0 Å². The van der Waals surface area contributed by atoms with Gasteiger partial charge in [0.15, 0.2) is 0 Å². The van der Waals surface area contributed by atoms with Crippen LogP contribution < -0.4 is 4.72 Å². The number of aliphatic hydroxyl groups excluding tert-OH is 1. The molecule has 0 aliphatic carbocycles. The van der Waals surface area contributed by atoms with Gasteiger partial charge in [0.2, 0.25) is 10.0 Å². The first-order valence-electron chi connectivity index (χ1n) is 6.72. The first-order valence-corrected chi connectivity index (χ1v) is 9.77. The van der Waals surface area contributed by atoms with Crippen LogP contribution >= 0.6 is 11.8 Å². The number of nitrogens with one attached hydrogen (secondary N) is 1. The molecular weight excluding hydrogens is 294 g/mol. The predicted molar refractivity (Wildman–Crippen MR) is 85.2 cm³/mol. The van der Waals surface area contributed by atoms with Gasteiger partial charge in [0, 0.05) is 6.54 Å². The Morgan fingerprint density at radius 3 is 2.35 bits per heavy atom. The van der Waals surface area contributed by atoms with Gasteiger partial charge in [-0.25, -0.2) is 13.1 Å². The molecular formula is C14H23NO3S2. The SMILES string of the molecule is CSCCCCCNS(=O)(=O)Cc1ccc(CO)cc1. The Kier molecular flexibility index (Phi) is 8.21. The van der Waals surface area contributed by atoms with Gasteiger partial charge in [0.05, 0.1) is 12.4 Å². The van der Waals surface area contributed by atoms with E-state index >= 15 is 0 Å². The quantitative estimate of drug-likeness (QED) is 0.649. The van der Waals surface area contributed by atoms with Crippen molar-refractivity contribution in [1.82, 2.24) is 4.72 Å². The smallest absolute Gasteiger partial charge is 0.215 e. The number of rotatable bonds is 10. The van der Waals surface area contributed by atoms with Crippen LogP contribution in [0, 0.1) is 0 Å². The van der Waals surface area contributed by atoms with Crippen molar-refractivity contribution >= 4 is 21.8 Å². The van der Waals surface area contributed by atoms with Crippen molar-refractivity contribution in [3.63, 3.8) is 0 Å². The zero-order chi connectivity index (χ0) is 14.8. The summed E-state index contributed by atoms with van der Waals surface area (Å²) in [6.45, 7) is 0.479. The van der Waals surface area contributed by atoms with Crippen LogP contribution in [0.4, 0.5) is 0 Å². The molecule has 114 valence electrons. The Hall–Kier alpha value is -0.560. The van der Waals surface area contributed by atoms with Crippen LogP contribution in [-0.2, 0) is 22.4 Å². The number of hydrogen-bond donors (Lipinski definition) is 2. The number of unbranched alkanes of at least 4 members (excludes halogenated alkanes) is 2. The zero-order valence-corrected chi connectivity index (χ0v) is 13.5. The minimum absolute atomic E-state index is 0.0104. The molecule has 0 aliphatic rings. The van der Waals surface area contributed by atoms with Crippen molar-refractivity contribution < 1.29 is 13.5 Å². The lowest BCUT2D eigenvalue weighted by molar-refractivity contribution is 0.282. The first kappa shape index (κ1) is 17.5. The Balaban J connectivity index is 2.33. The molecule has 0 amide bonds. The predicted octanol–water partition coefficient (Wildman–Crippen LogP) is 2.13. The van der Waals surface area contributed by atoms with Crippen molar-refractivity contribution in [2.75, 3.05) is 18.6 Å². The maximum absolute atomic E-state index is 11.9. The highest BCUT2D eigenvalue weighted by atomic mass is 32.2. The Bertz CT molecular complexity index is 472. The summed E-state index contributed by atoms with van der Waals surface area (Å²) >= 11 is 1.81. The lowest BCUT2D eigenvalue weighted by Crippen LogP contribution is -2.26. The second-order valence-corrected chi connectivity index (χ2v) is 7.47. The Morgan fingerprint density at radius 1 is 1.10 bits per heavy atom. The minimum Gasteiger partial charge on any atom is -0.392 e. The normalized spacial score (nSPS) is 11.7. The summed E-state index contributed by atoms with van der Waals surface area (Å²) in [6.07, 6.45) is 5.13. The van der Waals surface area contributed by atoms with Crippen LogP contribution in [0.1, 0.15) is 30.4 Å². The molecule has 4 nitrogen and oxygen atoms in total. The summed E-state index contributed by atoms with van der Waals surface area (Å²) in [5.41, 5.74) is 1.52. The van der Waals surface area contributed by atoms with Gasteiger partial charge in [0.25, 0.3) is 0 Å². The third-order valence-corrected chi connectivity index (χ3v) is 4.96. The maximum atomic E-state index is 11.9. The third kappa shape index (κ3) is 7.28. The molecule has 0 fully saturated rings. The van der Waals surface area contributed by atoms with Crippen LogP contribution in [0.5, 0.6) is 0 Å². The van der Waals surface area contributed by atoms with E-state index in [4.69, 9.17) is 5.11 Å². The summed E-state index contributed by atoms with van der Waals surface area (Å²) < 4.78 is 26.4. The first-order chi connectivity index (χ1) is 9.57. The second kappa shape index (κ2) is 9.39. The molecule has 0 radical (unpaired) electrons. The lowest BCUT2D eigenvalue weighted by atomic mass is 10.2. The van der Waals surface area contributed by atoms with E-state index in [1.54, 1.807) is 24.3 Å². The van der Waals surface area contributed by atoms with Crippen LogP contribution in [-0.4, -0.2) is 32.1 Å². The van der Waals surface area contributed by atoms with Gasteiger partial charge in [-0.3, -0.25) is 0 Å². The molecule has 1 rings (SSSR count). The van der Waals surface area contributed by atoms with E-state index in [2.05, 4.69) is 11.0 Å². The van der Waals surface area contributed by atoms with Crippen molar-refractivity contribution in [2.45, 2.75) is 31.6 Å². The molecule has 0 aromatic heterocycles. The Labute approximate surface area is 126 Å². The summed E-state index contributed by atoms with van der Waals surface area (Å²) in [5, 5.41) is 8.93. The van der Waals surface area contributed by atoms with Crippen LogP contribution in [0.15, 0.2) is 24.3 Å². The molecule has 0 heterocycles. The summed E-state index contributed by atoms with van der Waals surface area (Å²) in [6, 6.07) is 6.97. The molecule has 1 aromatic rings. The van der Waals surface area contributed by atoms with Crippen LogP contribution in [0.25, 0.3) is 0 Å². The molecule has 0 saturated carbocycles. The monoisotopic (exact) mass is 317 g/mol. The van der Waals surface area contributed by atoms with Crippen molar-refractivity contribution in [3.8, 4) is 0 Å². The highest BCUT2D eigenvalue weighted by Crippen LogP contribution is 2.08. The number of hydrogen-bond acceptors (Lipinski definition) is 4.